The van der Waals surface area contributed by atoms with Crippen LogP contribution >= 0.6 is 0 Å². The zero-order valence-electron chi connectivity index (χ0n) is 9.82. The van der Waals surface area contributed by atoms with E-state index in [4.69, 9.17) is 0 Å². The molecule has 0 fully saturated rings. The Morgan fingerprint density at radius 2 is 1.50 bits per heavy atom. The van der Waals surface area contributed by atoms with Gasteiger partial charge < -0.3 is 0 Å². The minimum absolute atomic E-state index is 0.227. The normalized spacial score (nSPS) is 11.8. The Balaban J connectivity index is 2.15. The monoisotopic (exact) mass is 239 g/mol. The lowest BCUT2D eigenvalue weighted by atomic mass is 9.98. The summed E-state index contributed by atoms with van der Waals surface area (Å²) in [6.07, 6.45) is 0.345. The summed E-state index contributed by atoms with van der Waals surface area (Å²) in [5.41, 5.74) is 1.46. The SMILES string of the molecule is O=NC(Cc1ccccc1)C(=O)c1ccccc1. The average molecular weight is 239 g/mol. The van der Waals surface area contributed by atoms with Crippen LogP contribution in [-0.4, -0.2) is 11.8 Å². The predicted molar refractivity (Wildman–Crippen MR) is 70.5 cm³/mol. The molecule has 2 rings (SSSR count). The fourth-order valence-electron chi connectivity index (χ4n) is 1.81. The number of carbonyl (C=O) groups excluding carboxylic acids is 1. The molecule has 3 heteroatoms. The number of hydrogen-bond acceptors (Lipinski definition) is 3. The van der Waals surface area contributed by atoms with Crippen LogP contribution in [-0.2, 0) is 6.42 Å². The second kappa shape index (κ2) is 5.87. The van der Waals surface area contributed by atoms with Gasteiger partial charge in [0.05, 0.1) is 0 Å². The molecule has 18 heavy (non-hydrogen) atoms. The second-order valence-electron chi connectivity index (χ2n) is 4.04. The third-order valence-electron chi connectivity index (χ3n) is 2.76. The highest BCUT2D eigenvalue weighted by Gasteiger charge is 2.20. The minimum atomic E-state index is -0.852. The van der Waals surface area contributed by atoms with Crippen LogP contribution in [0.1, 0.15) is 15.9 Å². The maximum absolute atomic E-state index is 12.1. The largest absolute Gasteiger partial charge is 0.292 e. The molecule has 0 amide bonds. The van der Waals surface area contributed by atoms with Gasteiger partial charge in [0.15, 0.2) is 11.8 Å². The summed E-state index contributed by atoms with van der Waals surface area (Å²) in [5, 5.41) is 2.96. The molecule has 2 aromatic carbocycles. The zero-order valence-corrected chi connectivity index (χ0v) is 9.82. The Bertz CT molecular complexity index is 523. The van der Waals surface area contributed by atoms with Gasteiger partial charge >= 0.3 is 0 Å². The van der Waals surface area contributed by atoms with Crippen molar-refractivity contribution in [2.45, 2.75) is 12.5 Å². The highest BCUT2D eigenvalue weighted by atomic mass is 16.3. The van der Waals surface area contributed by atoms with E-state index < -0.39 is 6.04 Å². The molecule has 0 radical (unpaired) electrons. The van der Waals surface area contributed by atoms with Crippen LogP contribution in [0.3, 0.4) is 0 Å². The molecule has 1 atom stereocenters. The maximum atomic E-state index is 12.1. The highest BCUT2D eigenvalue weighted by Crippen LogP contribution is 2.11. The summed E-state index contributed by atoms with van der Waals surface area (Å²) in [4.78, 5) is 22.9. The average Bonchev–Trinajstić information content (AvgIpc) is 2.46. The summed E-state index contributed by atoms with van der Waals surface area (Å²) in [7, 11) is 0. The van der Waals surface area contributed by atoms with Crippen LogP contribution in [0.4, 0.5) is 0 Å². The summed E-state index contributed by atoms with van der Waals surface area (Å²) < 4.78 is 0. The van der Waals surface area contributed by atoms with Crippen LogP contribution in [0, 0.1) is 4.91 Å². The fraction of sp³-hybridized carbons (Fsp3) is 0.133. The van der Waals surface area contributed by atoms with Crippen molar-refractivity contribution in [3.8, 4) is 0 Å². The standard InChI is InChI=1S/C15H13NO2/c17-15(13-9-5-2-6-10-13)14(16-18)11-12-7-3-1-4-8-12/h1-10,14H,11H2. The molecule has 0 heterocycles. The molecule has 90 valence electrons. The van der Waals surface area contributed by atoms with Gasteiger partial charge in [-0.3, -0.25) is 4.79 Å². The van der Waals surface area contributed by atoms with E-state index in [9.17, 15) is 9.70 Å². The van der Waals surface area contributed by atoms with Crippen molar-refractivity contribution in [2.75, 3.05) is 0 Å². The van der Waals surface area contributed by atoms with E-state index >= 15 is 0 Å². The summed E-state index contributed by atoms with van der Waals surface area (Å²) in [5.74, 6) is -0.227. The molecule has 0 aliphatic heterocycles. The molecular formula is C15H13NO2. The van der Waals surface area contributed by atoms with Crippen molar-refractivity contribution in [1.82, 2.24) is 0 Å². The summed E-state index contributed by atoms with van der Waals surface area (Å²) in [6, 6.07) is 17.4. The van der Waals surface area contributed by atoms with Gasteiger partial charge in [-0.1, -0.05) is 65.8 Å². The first-order valence-corrected chi connectivity index (χ1v) is 5.77. The van der Waals surface area contributed by atoms with Gasteiger partial charge in [-0.05, 0) is 5.56 Å². The first-order valence-electron chi connectivity index (χ1n) is 5.77. The van der Waals surface area contributed by atoms with Crippen molar-refractivity contribution < 1.29 is 4.79 Å². The van der Waals surface area contributed by atoms with Gasteiger partial charge in [-0.25, -0.2) is 0 Å². The van der Waals surface area contributed by atoms with Gasteiger partial charge in [0.2, 0.25) is 0 Å². The maximum Gasteiger partial charge on any atom is 0.191 e. The lowest BCUT2D eigenvalue weighted by Gasteiger charge is -2.08. The van der Waals surface area contributed by atoms with Gasteiger partial charge in [0, 0.05) is 12.0 Å². The Morgan fingerprint density at radius 3 is 2.06 bits per heavy atom. The molecule has 0 aromatic heterocycles. The van der Waals surface area contributed by atoms with Gasteiger partial charge in [0.1, 0.15) is 0 Å². The van der Waals surface area contributed by atoms with Gasteiger partial charge in [0.25, 0.3) is 0 Å². The lowest BCUT2D eigenvalue weighted by molar-refractivity contribution is 0.0961. The Labute approximate surface area is 105 Å². The summed E-state index contributed by atoms with van der Waals surface area (Å²) in [6.45, 7) is 0. The van der Waals surface area contributed by atoms with Crippen LogP contribution in [0.25, 0.3) is 0 Å². The van der Waals surface area contributed by atoms with Crippen LogP contribution in [0.2, 0.25) is 0 Å². The lowest BCUT2D eigenvalue weighted by Crippen LogP contribution is -2.20. The van der Waals surface area contributed by atoms with E-state index in [0.29, 0.717) is 12.0 Å². The van der Waals surface area contributed by atoms with Crippen molar-refractivity contribution in [2.24, 2.45) is 5.18 Å². The molecule has 0 spiro atoms. The third kappa shape index (κ3) is 2.88. The van der Waals surface area contributed by atoms with Crippen LogP contribution in [0.15, 0.2) is 65.8 Å². The number of carbonyl (C=O) groups is 1. The number of nitroso groups, excluding NO2 is 1. The van der Waals surface area contributed by atoms with Crippen LogP contribution in [0.5, 0.6) is 0 Å². The quantitative estimate of drug-likeness (QED) is 0.594. The first-order chi connectivity index (χ1) is 8.81. The van der Waals surface area contributed by atoms with E-state index in [1.54, 1.807) is 24.3 Å². The van der Waals surface area contributed by atoms with Crippen molar-refractivity contribution >= 4 is 5.78 Å². The van der Waals surface area contributed by atoms with E-state index in [0.717, 1.165) is 5.56 Å². The number of rotatable bonds is 5. The zero-order chi connectivity index (χ0) is 12.8. The second-order valence-corrected chi connectivity index (χ2v) is 4.04. The Hall–Kier alpha value is -2.29. The first kappa shape index (κ1) is 12.2. The smallest absolute Gasteiger partial charge is 0.191 e. The molecule has 0 N–H and O–H groups in total. The molecule has 0 bridgehead atoms. The molecule has 0 saturated carbocycles. The van der Waals surface area contributed by atoms with Crippen molar-refractivity contribution in [3.63, 3.8) is 0 Å². The van der Waals surface area contributed by atoms with E-state index in [-0.39, 0.29) is 5.78 Å². The minimum Gasteiger partial charge on any atom is -0.292 e. The Morgan fingerprint density at radius 1 is 0.944 bits per heavy atom. The third-order valence-corrected chi connectivity index (χ3v) is 2.76. The van der Waals surface area contributed by atoms with E-state index in [1.807, 2.05) is 36.4 Å². The van der Waals surface area contributed by atoms with Crippen molar-refractivity contribution in [3.05, 3.63) is 76.7 Å². The molecule has 0 saturated heterocycles. The van der Waals surface area contributed by atoms with Crippen molar-refractivity contribution in [1.29, 1.82) is 0 Å². The van der Waals surface area contributed by atoms with Gasteiger partial charge in [-0.2, -0.15) is 4.91 Å². The molecular weight excluding hydrogens is 226 g/mol. The topological polar surface area (TPSA) is 46.5 Å². The van der Waals surface area contributed by atoms with E-state index in [1.165, 1.54) is 0 Å². The number of benzene rings is 2. The highest BCUT2D eigenvalue weighted by molar-refractivity contribution is 6.00. The van der Waals surface area contributed by atoms with Gasteiger partial charge in [-0.15, -0.1) is 0 Å². The number of nitrogens with zero attached hydrogens (tertiary/aromatic N) is 1. The number of Topliss-reactive ketones (excluding diaryl/α,β-unsaturated/α-hetero) is 1. The molecule has 0 aliphatic rings. The Kier molecular flexibility index (Phi) is 3.97. The van der Waals surface area contributed by atoms with E-state index in [2.05, 4.69) is 5.18 Å². The number of ketones is 1. The molecule has 1 unspecified atom stereocenters. The predicted octanol–water partition coefficient (Wildman–Crippen LogP) is 3.25. The summed E-state index contributed by atoms with van der Waals surface area (Å²) >= 11 is 0. The molecule has 3 nitrogen and oxygen atoms in total. The fourth-order valence-corrected chi connectivity index (χ4v) is 1.81. The molecule has 2 aromatic rings. The molecule has 0 aliphatic carbocycles. The van der Waals surface area contributed by atoms with Crippen LogP contribution < -0.4 is 0 Å². The number of hydrogen-bond donors (Lipinski definition) is 0.